The zero-order valence-corrected chi connectivity index (χ0v) is 22.2. The summed E-state index contributed by atoms with van der Waals surface area (Å²) in [7, 11) is 0. The van der Waals surface area contributed by atoms with Gasteiger partial charge in [-0.25, -0.2) is 9.97 Å². The summed E-state index contributed by atoms with van der Waals surface area (Å²) in [5.74, 6) is 0.928. The molecule has 0 spiro atoms. The average molecular weight is 490 g/mol. The van der Waals surface area contributed by atoms with E-state index < -0.39 is 0 Å². The van der Waals surface area contributed by atoms with Crippen molar-refractivity contribution < 1.29 is 4.79 Å². The van der Waals surface area contributed by atoms with E-state index in [4.69, 9.17) is 0 Å². The normalized spacial score (nSPS) is 11.5. The molecule has 4 aromatic rings. The molecule has 4 nitrogen and oxygen atoms in total. The topological polar surface area (TPSA) is 54.9 Å². The third-order valence-electron chi connectivity index (χ3n) is 6.13. The van der Waals surface area contributed by atoms with E-state index in [-0.39, 0.29) is 11.7 Å². The van der Waals surface area contributed by atoms with Crippen LogP contribution >= 0.6 is 23.1 Å². The second-order valence-corrected chi connectivity index (χ2v) is 11.1. The van der Waals surface area contributed by atoms with Crippen LogP contribution in [0.15, 0.2) is 53.1 Å². The summed E-state index contributed by atoms with van der Waals surface area (Å²) < 4.78 is 0. The molecule has 6 heteroatoms. The summed E-state index contributed by atoms with van der Waals surface area (Å²) in [6.07, 6.45) is 1.59. The van der Waals surface area contributed by atoms with Gasteiger partial charge in [0.25, 0.3) is 0 Å². The number of nitrogens with zero attached hydrogens (tertiary/aromatic N) is 2. The van der Waals surface area contributed by atoms with Crippen LogP contribution in [0.5, 0.6) is 0 Å². The first kappa shape index (κ1) is 24.4. The molecule has 0 unspecified atom stereocenters. The molecule has 1 N–H and O–H groups in total. The summed E-state index contributed by atoms with van der Waals surface area (Å²) in [5, 5.41) is 7.22. The average Bonchev–Trinajstić information content (AvgIpc) is 3.24. The number of carbonyl (C=O) groups is 1. The van der Waals surface area contributed by atoms with E-state index in [1.807, 2.05) is 0 Å². The molecule has 0 atom stereocenters. The molecule has 4 rings (SSSR count). The van der Waals surface area contributed by atoms with Crippen LogP contribution in [0.1, 0.15) is 61.8 Å². The molecule has 2 heterocycles. The van der Waals surface area contributed by atoms with E-state index in [0.29, 0.717) is 11.8 Å². The van der Waals surface area contributed by atoms with Gasteiger partial charge in [0.15, 0.2) is 0 Å². The molecule has 1 amide bonds. The van der Waals surface area contributed by atoms with Crippen molar-refractivity contribution in [2.24, 2.45) is 0 Å². The molecule has 0 aliphatic rings. The summed E-state index contributed by atoms with van der Waals surface area (Å²) in [4.78, 5) is 23.0. The molecule has 0 aliphatic carbocycles. The fourth-order valence-corrected chi connectivity index (χ4v) is 5.88. The molecule has 0 saturated heterocycles. The Morgan fingerprint density at radius 3 is 2.35 bits per heavy atom. The van der Waals surface area contributed by atoms with Gasteiger partial charge >= 0.3 is 0 Å². The van der Waals surface area contributed by atoms with E-state index in [9.17, 15) is 4.79 Å². The Balaban J connectivity index is 1.60. The largest absolute Gasteiger partial charge is 0.325 e. The van der Waals surface area contributed by atoms with E-state index in [1.54, 1.807) is 17.7 Å². The third-order valence-corrected chi connectivity index (χ3v) is 8.01. The first-order chi connectivity index (χ1) is 16.3. The molecule has 34 heavy (non-hydrogen) atoms. The van der Waals surface area contributed by atoms with Gasteiger partial charge in [-0.2, -0.15) is 0 Å². The first-order valence-electron chi connectivity index (χ1n) is 11.6. The SMILES string of the molecule is Cc1ccc(-c2csc3ncnc(SCC(=O)Nc4c(C(C)C)cccc4C(C)C)c23)cc1C. The van der Waals surface area contributed by atoms with E-state index in [0.717, 1.165) is 32.1 Å². The van der Waals surface area contributed by atoms with Crippen LogP contribution in [0.2, 0.25) is 0 Å². The van der Waals surface area contributed by atoms with Crippen molar-refractivity contribution >= 4 is 44.9 Å². The number of hydrogen-bond acceptors (Lipinski definition) is 5. The van der Waals surface area contributed by atoms with Gasteiger partial charge in [0.1, 0.15) is 16.2 Å². The number of rotatable bonds is 7. The van der Waals surface area contributed by atoms with Gasteiger partial charge in [-0.15, -0.1) is 11.3 Å². The standard InChI is InChI=1S/C28H31N3OS2/c1-16(2)21-8-7-9-22(17(3)4)26(21)31-24(32)14-34-28-25-23(13-33-27(25)29-15-30-28)20-11-10-18(5)19(6)12-20/h7-13,15-17H,14H2,1-6H3,(H,31,32). The Labute approximate surface area is 210 Å². The number of para-hydroxylation sites is 1. The summed E-state index contributed by atoms with van der Waals surface area (Å²) in [6, 6.07) is 12.8. The lowest BCUT2D eigenvalue weighted by Crippen LogP contribution is -2.17. The zero-order chi connectivity index (χ0) is 24.4. The predicted octanol–water partition coefficient (Wildman–Crippen LogP) is 7.95. The molecule has 0 aliphatic heterocycles. The van der Waals surface area contributed by atoms with Crippen LogP contribution in [-0.2, 0) is 4.79 Å². The summed E-state index contributed by atoms with van der Waals surface area (Å²) in [5.41, 5.74) is 8.10. The number of aromatic nitrogens is 2. The van der Waals surface area contributed by atoms with Crippen LogP contribution in [0.25, 0.3) is 21.3 Å². The minimum Gasteiger partial charge on any atom is -0.325 e. The van der Waals surface area contributed by atoms with E-state index in [1.165, 1.54) is 34.0 Å². The molecular formula is C28H31N3OS2. The van der Waals surface area contributed by atoms with E-state index in [2.05, 4.69) is 98.6 Å². The zero-order valence-electron chi connectivity index (χ0n) is 20.6. The quantitative estimate of drug-likeness (QED) is 0.211. The van der Waals surface area contributed by atoms with Crippen molar-refractivity contribution in [3.8, 4) is 11.1 Å². The number of fused-ring (bicyclic) bond motifs is 1. The van der Waals surface area contributed by atoms with Crippen LogP contribution in [-0.4, -0.2) is 21.6 Å². The monoisotopic (exact) mass is 489 g/mol. The van der Waals surface area contributed by atoms with Gasteiger partial charge < -0.3 is 5.32 Å². The van der Waals surface area contributed by atoms with Gasteiger partial charge in [0.2, 0.25) is 5.91 Å². The number of benzene rings is 2. The fourth-order valence-electron chi connectivity index (χ4n) is 4.08. The maximum Gasteiger partial charge on any atom is 0.234 e. The third kappa shape index (κ3) is 5.03. The van der Waals surface area contributed by atoms with Crippen molar-refractivity contribution in [1.82, 2.24) is 9.97 Å². The second kappa shape index (κ2) is 10.3. The second-order valence-electron chi connectivity index (χ2n) is 9.27. The Morgan fingerprint density at radius 1 is 1.00 bits per heavy atom. The number of carbonyl (C=O) groups excluding carboxylic acids is 1. The molecule has 0 fully saturated rings. The van der Waals surface area contributed by atoms with Crippen molar-refractivity contribution in [3.05, 3.63) is 70.4 Å². The maximum atomic E-state index is 13.1. The lowest BCUT2D eigenvalue weighted by atomic mass is 9.92. The highest BCUT2D eigenvalue weighted by Gasteiger charge is 2.18. The van der Waals surface area contributed by atoms with Gasteiger partial charge in [-0.3, -0.25) is 4.79 Å². The number of hydrogen-bond donors (Lipinski definition) is 1. The highest BCUT2D eigenvalue weighted by molar-refractivity contribution is 8.00. The predicted molar refractivity (Wildman–Crippen MR) is 146 cm³/mol. The lowest BCUT2D eigenvalue weighted by Gasteiger charge is -2.20. The molecule has 2 aromatic heterocycles. The molecule has 2 aromatic carbocycles. The molecular weight excluding hydrogens is 458 g/mol. The molecule has 0 saturated carbocycles. The van der Waals surface area contributed by atoms with Gasteiger partial charge in [-0.05, 0) is 53.5 Å². The molecule has 176 valence electrons. The van der Waals surface area contributed by atoms with Crippen LogP contribution < -0.4 is 5.32 Å². The van der Waals surface area contributed by atoms with Crippen LogP contribution in [0.3, 0.4) is 0 Å². The number of thioether (sulfide) groups is 1. The van der Waals surface area contributed by atoms with Crippen molar-refractivity contribution in [2.45, 2.75) is 58.4 Å². The smallest absolute Gasteiger partial charge is 0.234 e. The van der Waals surface area contributed by atoms with Gasteiger partial charge in [-0.1, -0.05) is 75.9 Å². The maximum absolute atomic E-state index is 13.1. The first-order valence-corrected chi connectivity index (χ1v) is 13.5. The number of nitrogens with one attached hydrogen (secondary N) is 1. The Morgan fingerprint density at radius 2 is 1.71 bits per heavy atom. The number of anilines is 1. The number of thiophene rings is 1. The van der Waals surface area contributed by atoms with E-state index >= 15 is 0 Å². The Hall–Kier alpha value is -2.70. The van der Waals surface area contributed by atoms with Crippen LogP contribution in [0.4, 0.5) is 5.69 Å². The minimum atomic E-state index is -0.0188. The Kier molecular flexibility index (Phi) is 7.39. The highest BCUT2D eigenvalue weighted by atomic mass is 32.2. The number of aryl methyl sites for hydroxylation is 2. The Bertz CT molecular complexity index is 1310. The summed E-state index contributed by atoms with van der Waals surface area (Å²) in [6.45, 7) is 12.9. The molecule has 0 radical (unpaired) electrons. The summed E-state index contributed by atoms with van der Waals surface area (Å²) >= 11 is 3.09. The lowest BCUT2D eigenvalue weighted by molar-refractivity contribution is -0.113. The van der Waals surface area contributed by atoms with Gasteiger partial charge in [0.05, 0.1) is 11.1 Å². The number of amides is 1. The minimum absolute atomic E-state index is 0.0188. The van der Waals surface area contributed by atoms with Crippen LogP contribution in [0, 0.1) is 13.8 Å². The van der Waals surface area contributed by atoms with Crippen molar-refractivity contribution in [3.63, 3.8) is 0 Å². The molecule has 0 bridgehead atoms. The highest BCUT2D eigenvalue weighted by Crippen LogP contribution is 2.38. The van der Waals surface area contributed by atoms with Crippen molar-refractivity contribution in [1.29, 1.82) is 0 Å². The van der Waals surface area contributed by atoms with Crippen molar-refractivity contribution in [2.75, 3.05) is 11.1 Å². The van der Waals surface area contributed by atoms with Gasteiger partial charge in [0, 0.05) is 16.6 Å². The fraction of sp³-hybridized carbons (Fsp3) is 0.321.